The number of hydrogen-bond donors (Lipinski definition) is 2. The number of aromatic amines is 1. The third-order valence-corrected chi connectivity index (χ3v) is 4.78. The lowest BCUT2D eigenvalue weighted by atomic mass is 10.1. The molecule has 0 atom stereocenters. The van der Waals surface area contributed by atoms with Crippen LogP contribution in [0.1, 0.15) is 17.8 Å². The van der Waals surface area contributed by atoms with Gasteiger partial charge in [0.15, 0.2) is 0 Å². The zero-order chi connectivity index (χ0) is 18.5. The number of morpholine rings is 1. The van der Waals surface area contributed by atoms with Gasteiger partial charge in [-0.05, 0) is 30.2 Å². The summed E-state index contributed by atoms with van der Waals surface area (Å²) in [6.45, 7) is 4.20. The van der Waals surface area contributed by atoms with Crippen molar-refractivity contribution >= 4 is 22.6 Å². The fourth-order valence-corrected chi connectivity index (χ4v) is 3.31. The Hall–Kier alpha value is -2.70. The van der Waals surface area contributed by atoms with Crippen molar-refractivity contribution < 1.29 is 9.53 Å². The SMILES string of the molecule is O=C(CCc1ccccc1)Nc1ccc2nc(CN3CCOCC3)[nH]c2c1. The van der Waals surface area contributed by atoms with Crippen LogP contribution < -0.4 is 5.32 Å². The average molecular weight is 364 g/mol. The number of carbonyl (C=O) groups excluding carboxylic acids is 1. The number of nitrogens with zero attached hydrogens (tertiary/aromatic N) is 2. The van der Waals surface area contributed by atoms with Crippen LogP contribution in [-0.4, -0.2) is 47.1 Å². The van der Waals surface area contributed by atoms with E-state index >= 15 is 0 Å². The molecule has 0 saturated carbocycles. The number of aryl methyl sites for hydroxylation is 1. The average Bonchev–Trinajstić information content (AvgIpc) is 3.09. The van der Waals surface area contributed by atoms with Gasteiger partial charge in [0.2, 0.25) is 5.91 Å². The van der Waals surface area contributed by atoms with Gasteiger partial charge in [-0.25, -0.2) is 4.98 Å². The lowest BCUT2D eigenvalue weighted by Gasteiger charge is -2.25. The highest BCUT2D eigenvalue weighted by atomic mass is 16.5. The second-order valence-corrected chi connectivity index (χ2v) is 6.84. The van der Waals surface area contributed by atoms with Gasteiger partial charge < -0.3 is 15.0 Å². The topological polar surface area (TPSA) is 70.2 Å². The number of carbonyl (C=O) groups is 1. The maximum absolute atomic E-state index is 12.2. The molecule has 1 aromatic heterocycles. The minimum Gasteiger partial charge on any atom is -0.379 e. The molecule has 140 valence electrons. The van der Waals surface area contributed by atoms with E-state index in [1.165, 1.54) is 5.56 Å². The molecule has 1 amide bonds. The number of H-pyrrole nitrogens is 1. The number of anilines is 1. The van der Waals surface area contributed by atoms with Gasteiger partial charge in [-0.3, -0.25) is 9.69 Å². The molecule has 4 rings (SSSR count). The van der Waals surface area contributed by atoms with Gasteiger partial charge in [-0.2, -0.15) is 0 Å². The summed E-state index contributed by atoms with van der Waals surface area (Å²) in [4.78, 5) is 22.6. The van der Waals surface area contributed by atoms with Crippen LogP contribution in [0.5, 0.6) is 0 Å². The van der Waals surface area contributed by atoms with Crippen molar-refractivity contribution in [3.63, 3.8) is 0 Å². The number of aromatic nitrogens is 2. The molecule has 0 radical (unpaired) electrons. The van der Waals surface area contributed by atoms with Crippen LogP contribution in [0.15, 0.2) is 48.5 Å². The van der Waals surface area contributed by atoms with E-state index in [1.54, 1.807) is 0 Å². The van der Waals surface area contributed by atoms with Gasteiger partial charge in [0, 0.05) is 25.2 Å². The van der Waals surface area contributed by atoms with Crippen LogP contribution in [0, 0.1) is 0 Å². The van der Waals surface area contributed by atoms with Crippen LogP contribution in [0.3, 0.4) is 0 Å². The number of nitrogens with one attached hydrogen (secondary N) is 2. The predicted molar refractivity (Wildman–Crippen MR) is 106 cm³/mol. The Morgan fingerprint density at radius 3 is 2.78 bits per heavy atom. The van der Waals surface area contributed by atoms with Crippen LogP contribution >= 0.6 is 0 Å². The normalized spacial score (nSPS) is 15.1. The van der Waals surface area contributed by atoms with E-state index in [2.05, 4.69) is 20.2 Å². The van der Waals surface area contributed by atoms with Crippen molar-refractivity contribution in [3.8, 4) is 0 Å². The maximum Gasteiger partial charge on any atom is 0.224 e. The van der Waals surface area contributed by atoms with Gasteiger partial charge in [0.25, 0.3) is 0 Å². The minimum atomic E-state index is 0.0197. The Bertz CT molecular complexity index is 901. The van der Waals surface area contributed by atoms with E-state index in [0.29, 0.717) is 6.42 Å². The van der Waals surface area contributed by atoms with E-state index in [1.807, 2.05) is 48.5 Å². The maximum atomic E-state index is 12.2. The molecule has 2 heterocycles. The Labute approximate surface area is 158 Å². The Balaban J connectivity index is 1.36. The van der Waals surface area contributed by atoms with Crippen LogP contribution in [0.25, 0.3) is 11.0 Å². The molecule has 6 nitrogen and oxygen atoms in total. The smallest absolute Gasteiger partial charge is 0.224 e. The molecule has 6 heteroatoms. The first-order valence-electron chi connectivity index (χ1n) is 9.39. The Morgan fingerprint density at radius 1 is 1.15 bits per heavy atom. The zero-order valence-corrected chi connectivity index (χ0v) is 15.3. The first-order chi connectivity index (χ1) is 13.3. The highest BCUT2D eigenvalue weighted by molar-refractivity contribution is 5.93. The Morgan fingerprint density at radius 2 is 1.96 bits per heavy atom. The van der Waals surface area contributed by atoms with Crippen molar-refractivity contribution in [1.82, 2.24) is 14.9 Å². The molecule has 0 spiro atoms. The van der Waals surface area contributed by atoms with E-state index in [-0.39, 0.29) is 5.91 Å². The lowest BCUT2D eigenvalue weighted by Crippen LogP contribution is -2.35. The Kier molecular flexibility index (Phi) is 5.46. The molecule has 0 unspecified atom stereocenters. The highest BCUT2D eigenvalue weighted by Crippen LogP contribution is 2.18. The van der Waals surface area contributed by atoms with Crippen LogP contribution in [-0.2, 0) is 22.5 Å². The van der Waals surface area contributed by atoms with Gasteiger partial charge in [-0.1, -0.05) is 30.3 Å². The summed E-state index contributed by atoms with van der Waals surface area (Å²) in [7, 11) is 0. The minimum absolute atomic E-state index is 0.0197. The summed E-state index contributed by atoms with van der Waals surface area (Å²) < 4.78 is 5.38. The number of imidazole rings is 1. The number of rotatable bonds is 6. The van der Waals surface area contributed by atoms with Crippen molar-refractivity contribution in [2.24, 2.45) is 0 Å². The van der Waals surface area contributed by atoms with Crippen molar-refractivity contribution in [2.45, 2.75) is 19.4 Å². The summed E-state index contributed by atoms with van der Waals surface area (Å²) in [5.74, 6) is 0.964. The molecule has 3 aromatic rings. The molecule has 1 aliphatic heterocycles. The molecule has 2 aromatic carbocycles. The first-order valence-corrected chi connectivity index (χ1v) is 9.39. The summed E-state index contributed by atoms with van der Waals surface area (Å²) in [6, 6.07) is 15.9. The summed E-state index contributed by atoms with van der Waals surface area (Å²) in [5.41, 5.74) is 3.83. The second kappa shape index (κ2) is 8.33. The fourth-order valence-electron chi connectivity index (χ4n) is 3.31. The lowest BCUT2D eigenvalue weighted by molar-refractivity contribution is -0.116. The third kappa shape index (κ3) is 4.72. The standard InChI is InChI=1S/C21H24N4O2/c26-21(9-6-16-4-2-1-3-5-16)22-17-7-8-18-19(14-17)24-20(23-18)15-25-10-12-27-13-11-25/h1-5,7-8,14H,6,9-13,15H2,(H,22,26)(H,23,24). The highest BCUT2D eigenvalue weighted by Gasteiger charge is 2.13. The number of ether oxygens (including phenoxy) is 1. The number of benzene rings is 2. The van der Waals surface area contributed by atoms with Crippen LogP contribution in [0.2, 0.25) is 0 Å². The molecular weight excluding hydrogens is 340 g/mol. The summed E-state index contributed by atoms with van der Waals surface area (Å²) in [5, 5.41) is 2.98. The molecule has 0 aliphatic carbocycles. The van der Waals surface area contributed by atoms with Gasteiger partial charge in [0.05, 0.1) is 30.8 Å². The van der Waals surface area contributed by atoms with Crippen molar-refractivity contribution in [2.75, 3.05) is 31.6 Å². The van der Waals surface area contributed by atoms with E-state index in [4.69, 9.17) is 4.74 Å². The number of hydrogen-bond acceptors (Lipinski definition) is 4. The van der Waals surface area contributed by atoms with Gasteiger partial charge >= 0.3 is 0 Å². The third-order valence-electron chi connectivity index (χ3n) is 4.78. The number of amides is 1. The summed E-state index contributed by atoms with van der Waals surface area (Å²) in [6.07, 6.45) is 1.20. The van der Waals surface area contributed by atoms with Crippen molar-refractivity contribution in [1.29, 1.82) is 0 Å². The molecule has 1 fully saturated rings. The largest absolute Gasteiger partial charge is 0.379 e. The molecule has 1 aliphatic rings. The molecule has 27 heavy (non-hydrogen) atoms. The van der Waals surface area contributed by atoms with Gasteiger partial charge in [-0.15, -0.1) is 0 Å². The summed E-state index contributed by atoms with van der Waals surface area (Å²) >= 11 is 0. The number of fused-ring (bicyclic) bond motifs is 1. The van der Waals surface area contributed by atoms with Crippen LogP contribution in [0.4, 0.5) is 5.69 Å². The fraction of sp³-hybridized carbons (Fsp3) is 0.333. The first kappa shape index (κ1) is 17.7. The molecule has 1 saturated heterocycles. The van der Waals surface area contributed by atoms with Crippen molar-refractivity contribution in [3.05, 3.63) is 59.9 Å². The molecular formula is C21H24N4O2. The van der Waals surface area contributed by atoms with Gasteiger partial charge in [0.1, 0.15) is 5.82 Å². The second-order valence-electron chi connectivity index (χ2n) is 6.84. The van der Waals surface area contributed by atoms with E-state index in [9.17, 15) is 4.79 Å². The monoisotopic (exact) mass is 364 g/mol. The predicted octanol–water partition coefficient (Wildman–Crippen LogP) is 2.97. The quantitative estimate of drug-likeness (QED) is 0.705. The molecule has 0 bridgehead atoms. The molecule has 2 N–H and O–H groups in total. The zero-order valence-electron chi connectivity index (χ0n) is 15.3. The van der Waals surface area contributed by atoms with E-state index in [0.717, 1.165) is 61.8 Å². The van der Waals surface area contributed by atoms with E-state index < -0.39 is 0 Å².